The fourth-order valence-electron chi connectivity index (χ4n) is 4.82. The van der Waals surface area contributed by atoms with E-state index in [1.165, 1.54) is 112 Å². The zero-order valence-corrected chi connectivity index (χ0v) is 19.5. The van der Waals surface area contributed by atoms with Crippen LogP contribution in [0.4, 0.5) is 0 Å². The molecular formula is C27H41ClN2. The minimum absolute atomic E-state index is 0.549. The van der Waals surface area contributed by atoms with Crippen molar-refractivity contribution < 1.29 is 0 Å². The molecule has 0 fully saturated rings. The molecule has 2 nitrogen and oxygen atoms in total. The third-order valence-corrected chi connectivity index (χ3v) is 6.89. The molecule has 0 atom stereocenters. The summed E-state index contributed by atoms with van der Waals surface area (Å²) in [5.74, 6) is 0.549. The van der Waals surface area contributed by atoms with Crippen molar-refractivity contribution in [2.24, 2.45) is 0 Å². The van der Waals surface area contributed by atoms with E-state index in [1.807, 2.05) is 0 Å². The first-order valence-corrected chi connectivity index (χ1v) is 13.0. The van der Waals surface area contributed by atoms with Crippen LogP contribution >= 0.6 is 11.6 Å². The van der Waals surface area contributed by atoms with Gasteiger partial charge in [0.1, 0.15) is 0 Å². The van der Waals surface area contributed by atoms with E-state index in [4.69, 9.17) is 11.6 Å². The van der Waals surface area contributed by atoms with Crippen LogP contribution in [0.25, 0.3) is 5.70 Å². The monoisotopic (exact) mass is 428 g/mol. The van der Waals surface area contributed by atoms with Gasteiger partial charge in [0.2, 0.25) is 0 Å². The number of hydrogen-bond donors (Lipinski definition) is 2. The summed E-state index contributed by atoms with van der Waals surface area (Å²) in [6.07, 6.45) is 22.3. The molecule has 3 rings (SSSR count). The van der Waals surface area contributed by atoms with Crippen LogP contribution in [-0.2, 0) is 5.88 Å². The summed E-state index contributed by atoms with van der Waals surface area (Å²) in [6, 6.07) is 8.67. The molecule has 1 aliphatic carbocycles. The number of rotatable bonds is 3. The summed E-state index contributed by atoms with van der Waals surface area (Å²) in [5, 5.41) is 0. The van der Waals surface area contributed by atoms with Crippen LogP contribution in [0, 0.1) is 0 Å². The second-order valence-corrected chi connectivity index (χ2v) is 9.22. The van der Waals surface area contributed by atoms with E-state index in [2.05, 4.69) is 41.2 Å². The SMILES string of the molecule is ClCc1ccccc1/C1=C(\C2=C\CCCCCCCCC2)CCCCCCCNN1. The Morgan fingerprint density at radius 1 is 0.733 bits per heavy atom. The first-order chi connectivity index (χ1) is 14.9. The first-order valence-electron chi connectivity index (χ1n) is 12.5. The van der Waals surface area contributed by atoms with E-state index in [1.54, 1.807) is 5.57 Å². The predicted molar refractivity (Wildman–Crippen MR) is 131 cm³/mol. The summed E-state index contributed by atoms with van der Waals surface area (Å²) in [4.78, 5) is 0. The number of alkyl halides is 1. The molecule has 1 heterocycles. The number of hydrogen-bond acceptors (Lipinski definition) is 2. The van der Waals surface area contributed by atoms with Crippen LogP contribution in [0.15, 0.2) is 41.5 Å². The lowest BCUT2D eigenvalue weighted by atomic mass is 9.89. The summed E-state index contributed by atoms with van der Waals surface area (Å²) >= 11 is 6.36. The molecule has 0 saturated heterocycles. The summed E-state index contributed by atoms with van der Waals surface area (Å²) < 4.78 is 0. The predicted octanol–water partition coefficient (Wildman–Crippen LogP) is 8.04. The van der Waals surface area contributed by atoms with Gasteiger partial charge in [-0.15, -0.1) is 11.6 Å². The lowest BCUT2D eigenvalue weighted by Crippen LogP contribution is -2.32. The summed E-state index contributed by atoms with van der Waals surface area (Å²) in [7, 11) is 0. The number of halogens is 1. The molecule has 30 heavy (non-hydrogen) atoms. The Hall–Kier alpha value is -1.25. The van der Waals surface area contributed by atoms with Crippen molar-refractivity contribution in [1.82, 2.24) is 10.9 Å². The van der Waals surface area contributed by atoms with E-state index in [0.717, 1.165) is 13.0 Å². The highest BCUT2D eigenvalue weighted by molar-refractivity contribution is 6.17. The molecule has 1 aromatic carbocycles. The van der Waals surface area contributed by atoms with Crippen LogP contribution in [-0.4, -0.2) is 6.54 Å². The van der Waals surface area contributed by atoms with Crippen molar-refractivity contribution in [2.45, 2.75) is 102 Å². The molecule has 0 amide bonds. The molecule has 0 saturated carbocycles. The fraction of sp³-hybridized carbons (Fsp3) is 0.630. The molecule has 2 aliphatic rings. The molecule has 1 aliphatic heterocycles. The fourth-order valence-corrected chi connectivity index (χ4v) is 5.06. The van der Waals surface area contributed by atoms with E-state index in [-0.39, 0.29) is 0 Å². The lowest BCUT2D eigenvalue weighted by Gasteiger charge is -2.22. The minimum Gasteiger partial charge on any atom is -0.321 e. The molecule has 0 radical (unpaired) electrons. The van der Waals surface area contributed by atoms with Gasteiger partial charge in [0.25, 0.3) is 0 Å². The van der Waals surface area contributed by atoms with E-state index >= 15 is 0 Å². The van der Waals surface area contributed by atoms with Crippen LogP contribution in [0.5, 0.6) is 0 Å². The molecule has 0 unspecified atom stereocenters. The maximum atomic E-state index is 6.36. The first kappa shape index (κ1) is 23.4. The van der Waals surface area contributed by atoms with Gasteiger partial charge in [-0.05, 0) is 61.7 Å². The third-order valence-electron chi connectivity index (χ3n) is 6.60. The lowest BCUT2D eigenvalue weighted by molar-refractivity contribution is 0.564. The van der Waals surface area contributed by atoms with E-state index < -0.39 is 0 Å². The number of benzene rings is 1. The second-order valence-electron chi connectivity index (χ2n) is 8.96. The second kappa shape index (κ2) is 13.9. The molecule has 0 spiro atoms. The van der Waals surface area contributed by atoms with Gasteiger partial charge in [0.05, 0.1) is 5.70 Å². The maximum Gasteiger partial charge on any atom is 0.0597 e. The Morgan fingerprint density at radius 3 is 2.20 bits per heavy atom. The largest absolute Gasteiger partial charge is 0.321 e. The van der Waals surface area contributed by atoms with Crippen molar-refractivity contribution in [3.8, 4) is 0 Å². The topological polar surface area (TPSA) is 24.1 Å². The molecule has 3 heteroatoms. The highest BCUT2D eigenvalue weighted by Gasteiger charge is 2.17. The standard InChI is InChI=1S/C27H41ClN2/c28-22-24-18-13-14-20-26(24)27-25(19-12-8-5-9-15-21-29-30-27)23-16-10-6-3-1-2-4-7-11-17-23/h13-14,16,18,20,29-30H,1-12,15,17,19,21-22H2/b23-16+,27-25+. The number of allylic oxidation sites excluding steroid dienone is 3. The van der Waals surface area contributed by atoms with Gasteiger partial charge < -0.3 is 5.43 Å². The number of nitrogens with one attached hydrogen (secondary N) is 2. The van der Waals surface area contributed by atoms with Crippen LogP contribution in [0.2, 0.25) is 0 Å². The van der Waals surface area contributed by atoms with Gasteiger partial charge in [0, 0.05) is 18.0 Å². The Balaban J connectivity index is 2.00. The zero-order chi connectivity index (χ0) is 20.9. The van der Waals surface area contributed by atoms with Gasteiger partial charge >= 0.3 is 0 Å². The van der Waals surface area contributed by atoms with E-state index in [0.29, 0.717) is 5.88 Å². The normalized spacial score (nSPS) is 25.2. The van der Waals surface area contributed by atoms with Gasteiger partial charge in [-0.25, -0.2) is 5.43 Å². The van der Waals surface area contributed by atoms with Gasteiger partial charge in [-0.1, -0.05) is 81.7 Å². The summed E-state index contributed by atoms with van der Waals surface area (Å²) in [5.41, 5.74) is 14.1. The van der Waals surface area contributed by atoms with Crippen molar-refractivity contribution in [1.29, 1.82) is 0 Å². The number of hydrazine groups is 1. The quantitative estimate of drug-likeness (QED) is 0.476. The Morgan fingerprint density at radius 2 is 1.40 bits per heavy atom. The summed E-state index contributed by atoms with van der Waals surface area (Å²) in [6.45, 7) is 1.01. The van der Waals surface area contributed by atoms with Crippen molar-refractivity contribution >= 4 is 17.3 Å². The average Bonchev–Trinajstić information content (AvgIpc) is 2.88. The minimum atomic E-state index is 0.549. The smallest absolute Gasteiger partial charge is 0.0597 e. The van der Waals surface area contributed by atoms with E-state index in [9.17, 15) is 0 Å². The van der Waals surface area contributed by atoms with Crippen molar-refractivity contribution in [3.05, 3.63) is 52.6 Å². The highest BCUT2D eigenvalue weighted by atomic mass is 35.5. The molecule has 166 valence electrons. The maximum absolute atomic E-state index is 6.36. The van der Waals surface area contributed by atoms with Gasteiger partial charge in [0.15, 0.2) is 0 Å². The van der Waals surface area contributed by atoms with Crippen LogP contribution in [0.3, 0.4) is 0 Å². The van der Waals surface area contributed by atoms with Crippen LogP contribution in [0.1, 0.15) is 107 Å². The molecular weight excluding hydrogens is 388 g/mol. The van der Waals surface area contributed by atoms with Crippen molar-refractivity contribution in [3.63, 3.8) is 0 Å². The molecule has 0 aromatic heterocycles. The molecule has 1 aromatic rings. The Labute approximate surface area is 189 Å². The van der Waals surface area contributed by atoms with Crippen molar-refractivity contribution in [2.75, 3.05) is 6.54 Å². The van der Waals surface area contributed by atoms with Gasteiger partial charge in [-0.2, -0.15) is 0 Å². The average molecular weight is 429 g/mol. The molecule has 0 bridgehead atoms. The third kappa shape index (κ3) is 7.46. The zero-order valence-electron chi connectivity index (χ0n) is 18.8. The Kier molecular flexibility index (Phi) is 10.9. The molecule has 2 N–H and O–H groups in total. The van der Waals surface area contributed by atoms with Gasteiger partial charge in [-0.3, -0.25) is 0 Å². The van der Waals surface area contributed by atoms with Crippen LogP contribution < -0.4 is 10.9 Å². The Bertz CT molecular complexity index is 692. The highest BCUT2D eigenvalue weighted by Crippen LogP contribution is 2.33.